The van der Waals surface area contributed by atoms with Crippen LogP contribution < -0.4 is 10.2 Å². The Hall–Kier alpha value is -2.11. The number of ether oxygens (including phenoxy) is 1. The standard InChI is InChI=1S/C15H23N3O3/c1-4-9-18(11-14(19)21-6-3)12-7-8-17-13(10-12)15(20)16-5-2/h7-8,10H,4-6,9,11H2,1-3H3,(H,16,20). The molecule has 0 atom stereocenters. The Morgan fingerprint density at radius 1 is 1.33 bits per heavy atom. The maximum Gasteiger partial charge on any atom is 0.325 e. The fourth-order valence-corrected chi connectivity index (χ4v) is 1.92. The van der Waals surface area contributed by atoms with E-state index in [1.807, 2.05) is 18.7 Å². The average Bonchev–Trinajstić information content (AvgIpc) is 2.47. The van der Waals surface area contributed by atoms with Gasteiger partial charge in [0.2, 0.25) is 0 Å². The van der Waals surface area contributed by atoms with Gasteiger partial charge in [-0.05, 0) is 32.4 Å². The second kappa shape index (κ2) is 8.94. The monoisotopic (exact) mass is 293 g/mol. The van der Waals surface area contributed by atoms with Crippen molar-refractivity contribution in [2.75, 3.05) is 31.1 Å². The van der Waals surface area contributed by atoms with Crippen molar-refractivity contribution in [1.82, 2.24) is 10.3 Å². The highest BCUT2D eigenvalue weighted by Gasteiger charge is 2.14. The van der Waals surface area contributed by atoms with E-state index >= 15 is 0 Å². The number of carbonyl (C=O) groups excluding carboxylic acids is 2. The topological polar surface area (TPSA) is 71.5 Å². The van der Waals surface area contributed by atoms with E-state index in [0.29, 0.717) is 25.4 Å². The number of amides is 1. The summed E-state index contributed by atoms with van der Waals surface area (Å²) in [5, 5.41) is 2.71. The Kier molecular flexibility index (Phi) is 7.21. The van der Waals surface area contributed by atoms with Gasteiger partial charge < -0.3 is 15.0 Å². The molecule has 0 aliphatic rings. The van der Waals surface area contributed by atoms with E-state index in [1.165, 1.54) is 0 Å². The molecule has 116 valence electrons. The Labute approximate surface area is 125 Å². The highest BCUT2D eigenvalue weighted by molar-refractivity contribution is 5.93. The Morgan fingerprint density at radius 2 is 2.10 bits per heavy atom. The lowest BCUT2D eigenvalue weighted by Crippen LogP contribution is -2.32. The van der Waals surface area contributed by atoms with Crippen LogP contribution in [0.15, 0.2) is 18.3 Å². The van der Waals surface area contributed by atoms with Crippen LogP contribution in [0.3, 0.4) is 0 Å². The Bertz CT molecular complexity index is 477. The van der Waals surface area contributed by atoms with E-state index in [2.05, 4.69) is 10.3 Å². The van der Waals surface area contributed by atoms with Crippen molar-refractivity contribution in [2.45, 2.75) is 27.2 Å². The maximum atomic E-state index is 11.8. The molecule has 1 heterocycles. The second-order valence-electron chi connectivity index (χ2n) is 4.49. The van der Waals surface area contributed by atoms with Crippen LogP contribution in [0.2, 0.25) is 0 Å². The van der Waals surface area contributed by atoms with E-state index in [-0.39, 0.29) is 18.4 Å². The SMILES string of the molecule is CCCN(CC(=O)OCC)c1ccnc(C(=O)NCC)c1. The minimum absolute atomic E-state index is 0.167. The van der Waals surface area contributed by atoms with Crippen LogP contribution in [-0.4, -0.2) is 43.1 Å². The second-order valence-corrected chi connectivity index (χ2v) is 4.49. The first-order valence-corrected chi connectivity index (χ1v) is 7.27. The fraction of sp³-hybridized carbons (Fsp3) is 0.533. The molecular formula is C15H23N3O3. The molecule has 0 aliphatic carbocycles. The molecule has 6 heteroatoms. The molecule has 0 saturated carbocycles. The van der Waals surface area contributed by atoms with Crippen LogP contribution in [0, 0.1) is 0 Å². The molecule has 0 fully saturated rings. The molecule has 0 radical (unpaired) electrons. The van der Waals surface area contributed by atoms with E-state index in [1.54, 1.807) is 25.3 Å². The lowest BCUT2D eigenvalue weighted by molar-refractivity contribution is -0.141. The highest BCUT2D eigenvalue weighted by atomic mass is 16.5. The Balaban J connectivity index is 2.89. The number of aromatic nitrogens is 1. The summed E-state index contributed by atoms with van der Waals surface area (Å²) in [6, 6.07) is 3.48. The number of rotatable bonds is 8. The maximum absolute atomic E-state index is 11.8. The normalized spacial score (nSPS) is 10.0. The zero-order valence-corrected chi connectivity index (χ0v) is 12.9. The number of hydrogen-bond acceptors (Lipinski definition) is 5. The van der Waals surface area contributed by atoms with Gasteiger partial charge >= 0.3 is 5.97 Å². The predicted octanol–water partition coefficient (Wildman–Crippen LogP) is 1.61. The van der Waals surface area contributed by atoms with Gasteiger partial charge in [-0.2, -0.15) is 0 Å². The van der Waals surface area contributed by atoms with Gasteiger partial charge in [-0.3, -0.25) is 14.6 Å². The lowest BCUT2D eigenvalue weighted by Gasteiger charge is -2.23. The van der Waals surface area contributed by atoms with E-state index in [0.717, 1.165) is 12.1 Å². The fourth-order valence-electron chi connectivity index (χ4n) is 1.92. The van der Waals surface area contributed by atoms with Gasteiger partial charge in [0, 0.05) is 25.0 Å². The van der Waals surface area contributed by atoms with Crippen molar-refractivity contribution in [3.63, 3.8) is 0 Å². The van der Waals surface area contributed by atoms with Crippen molar-refractivity contribution >= 4 is 17.6 Å². The summed E-state index contributed by atoms with van der Waals surface area (Å²) in [6.45, 7) is 7.45. The molecule has 0 aromatic carbocycles. The summed E-state index contributed by atoms with van der Waals surface area (Å²) >= 11 is 0. The summed E-state index contributed by atoms with van der Waals surface area (Å²) in [4.78, 5) is 29.4. The number of esters is 1. The largest absolute Gasteiger partial charge is 0.465 e. The zero-order valence-electron chi connectivity index (χ0n) is 12.9. The predicted molar refractivity (Wildman–Crippen MR) is 81.4 cm³/mol. The molecule has 1 rings (SSSR count). The number of hydrogen-bond donors (Lipinski definition) is 1. The smallest absolute Gasteiger partial charge is 0.325 e. The summed E-state index contributed by atoms with van der Waals surface area (Å²) in [5.41, 5.74) is 1.14. The van der Waals surface area contributed by atoms with Gasteiger partial charge in [0.05, 0.1) is 6.61 Å². The minimum Gasteiger partial charge on any atom is -0.465 e. The molecule has 0 aliphatic heterocycles. The summed E-state index contributed by atoms with van der Waals surface area (Å²) in [7, 11) is 0. The minimum atomic E-state index is -0.276. The first-order chi connectivity index (χ1) is 10.1. The van der Waals surface area contributed by atoms with Gasteiger partial charge in [-0.1, -0.05) is 6.92 Å². The summed E-state index contributed by atoms with van der Waals surface area (Å²) < 4.78 is 4.98. The molecular weight excluding hydrogens is 270 g/mol. The van der Waals surface area contributed by atoms with Crippen LogP contribution in [0.25, 0.3) is 0 Å². The van der Waals surface area contributed by atoms with E-state index in [9.17, 15) is 9.59 Å². The number of nitrogens with zero attached hydrogens (tertiary/aromatic N) is 2. The molecule has 0 saturated heterocycles. The van der Waals surface area contributed by atoms with Crippen molar-refractivity contribution in [2.24, 2.45) is 0 Å². The molecule has 1 aromatic rings. The molecule has 1 N–H and O–H groups in total. The van der Waals surface area contributed by atoms with Crippen molar-refractivity contribution in [3.05, 3.63) is 24.0 Å². The quantitative estimate of drug-likeness (QED) is 0.737. The molecule has 1 aromatic heterocycles. The number of nitrogens with one attached hydrogen (secondary N) is 1. The van der Waals surface area contributed by atoms with Crippen molar-refractivity contribution in [1.29, 1.82) is 0 Å². The van der Waals surface area contributed by atoms with Crippen molar-refractivity contribution in [3.8, 4) is 0 Å². The summed E-state index contributed by atoms with van der Waals surface area (Å²) in [6.07, 6.45) is 2.46. The lowest BCUT2D eigenvalue weighted by atomic mass is 10.2. The molecule has 1 amide bonds. The van der Waals surface area contributed by atoms with Crippen molar-refractivity contribution < 1.29 is 14.3 Å². The number of anilines is 1. The van der Waals surface area contributed by atoms with Crippen LogP contribution >= 0.6 is 0 Å². The van der Waals surface area contributed by atoms with Crippen LogP contribution in [0.4, 0.5) is 5.69 Å². The van der Waals surface area contributed by atoms with Crippen LogP contribution in [0.1, 0.15) is 37.7 Å². The molecule has 0 bridgehead atoms. The third kappa shape index (κ3) is 5.41. The molecule has 21 heavy (non-hydrogen) atoms. The van der Waals surface area contributed by atoms with Gasteiger partial charge in [0.15, 0.2) is 0 Å². The highest BCUT2D eigenvalue weighted by Crippen LogP contribution is 2.15. The molecule has 6 nitrogen and oxygen atoms in total. The number of carbonyl (C=O) groups is 2. The van der Waals surface area contributed by atoms with Gasteiger partial charge in [-0.25, -0.2) is 0 Å². The first-order valence-electron chi connectivity index (χ1n) is 7.27. The van der Waals surface area contributed by atoms with Crippen LogP contribution in [0.5, 0.6) is 0 Å². The van der Waals surface area contributed by atoms with Gasteiger partial charge in [0.1, 0.15) is 12.2 Å². The van der Waals surface area contributed by atoms with Gasteiger partial charge in [0.25, 0.3) is 5.91 Å². The van der Waals surface area contributed by atoms with Crippen LogP contribution in [-0.2, 0) is 9.53 Å². The van der Waals surface area contributed by atoms with E-state index < -0.39 is 0 Å². The van der Waals surface area contributed by atoms with E-state index in [4.69, 9.17) is 4.74 Å². The Morgan fingerprint density at radius 3 is 2.71 bits per heavy atom. The molecule has 0 unspecified atom stereocenters. The third-order valence-corrected chi connectivity index (χ3v) is 2.80. The third-order valence-electron chi connectivity index (χ3n) is 2.80. The zero-order chi connectivity index (χ0) is 15.7. The average molecular weight is 293 g/mol. The number of pyridine rings is 1. The summed E-state index contributed by atoms with van der Waals surface area (Å²) in [5.74, 6) is -0.491. The van der Waals surface area contributed by atoms with Gasteiger partial charge in [-0.15, -0.1) is 0 Å². The first kappa shape index (κ1) is 16.9. The molecule has 0 spiro atoms.